The normalized spacial score (nSPS) is 10.1. The van der Waals surface area contributed by atoms with Crippen LogP contribution in [-0.2, 0) is 0 Å². The van der Waals surface area contributed by atoms with Crippen LogP contribution in [0.2, 0.25) is 0 Å². The van der Waals surface area contributed by atoms with Gasteiger partial charge in [-0.05, 0) is 25.5 Å². The van der Waals surface area contributed by atoms with Gasteiger partial charge in [-0.1, -0.05) is 6.07 Å². The van der Waals surface area contributed by atoms with E-state index in [-0.39, 0.29) is 12.5 Å². The van der Waals surface area contributed by atoms with Crippen molar-refractivity contribution >= 4 is 5.69 Å². The average Bonchev–Trinajstić information content (AvgIpc) is 2.13. The van der Waals surface area contributed by atoms with Crippen molar-refractivity contribution < 1.29 is 8.78 Å². The number of hydrogen-bond acceptors (Lipinski definition) is 1. The standard InChI is InChI=1S/C10H13F2N/c1-8-9(12)4-2-5-10(8)13-7-3-6-11/h2,4-5,13H,3,6-7H2,1H3. The maximum atomic E-state index is 13.0. The third kappa shape index (κ3) is 2.68. The quantitative estimate of drug-likeness (QED) is 0.711. The van der Waals surface area contributed by atoms with Crippen LogP contribution in [-0.4, -0.2) is 13.2 Å². The molecular formula is C10H13F2N. The van der Waals surface area contributed by atoms with Crippen LogP contribution < -0.4 is 5.32 Å². The maximum absolute atomic E-state index is 13.0. The van der Waals surface area contributed by atoms with Gasteiger partial charge in [0.1, 0.15) is 5.82 Å². The highest BCUT2D eigenvalue weighted by Crippen LogP contribution is 2.16. The Balaban J connectivity index is 2.61. The third-order valence-corrected chi connectivity index (χ3v) is 1.89. The van der Waals surface area contributed by atoms with Crippen molar-refractivity contribution in [1.82, 2.24) is 0 Å². The van der Waals surface area contributed by atoms with Gasteiger partial charge in [0.25, 0.3) is 0 Å². The van der Waals surface area contributed by atoms with Gasteiger partial charge in [-0.3, -0.25) is 4.39 Å². The summed E-state index contributed by atoms with van der Waals surface area (Å²) in [6.07, 6.45) is 0.454. The molecule has 1 nitrogen and oxygen atoms in total. The molecule has 0 spiro atoms. The lowest BCUT2D eigenvalue weighted by molar-refractivity contribution is 0.481. The van der Waals surface area contributed by atoms with Crippen molar-refractivity contribution in [2.75, 3.05) is 18.5 Å². The summed E-state index contributed by atoms with van der Waals surface area (Å²) < 4.78 is 24.7. The Morgan fingerprint density at radius 1 is 1.38 bits per heavy atom. The summed E-state index contributed by atoms with van der Waals surface area (Å²) in [6, 6.07) is 4.84. The lowest BCUT2D eigenvalue weighted by Gasteiger charge is -2.08. The summed E-state index contributed by atoms with van der Waals surface area (Å²) in [5, 5.41) is 2.97. The average molecular weight is 185 g/mol. The summed E-state index contributed by atoms with van der Waals surface area (Å²) >= 11 is 0. The molecule has 0 atom stereocenters. The fourth-order valence-electron chi connectivity index (χ4n) is 1.09. The molecule has 0 aliphatic heterocycles. The van der Waals surface area contributed by atoms with E-state index in [0.29, 0.717) is 18.5 Å². The summed E-state index contributed by atoms with van der Waals surface area (Å²) in [5.41, 5.74) is 1.33. The number of hydrogen-bond donors (Lipinski definition) is 1. The second-order valence-electron chi connectivity index (χ2n) is 2.88. The molecule has 0 heterocycles. The molecule has 0 amide bonds. The first-order valence-electron chi connectivity index (χ1n) is 4.30. The molecule has 0 bridgehead atoms. The summed E-state index contributed by atoms with van der Waals surface area (Å²) in [7, 11) is 0. The Labute approximate surface area is 76.8 Å². The molecule has 0 aromatic heterocycles. The molecule has 1 aromatic carbocycles. The zero-order valence-electron chi connectivity index (χ0n) is 7.61. The number of benzene rings is 1. The van der Waals surface area contributed by atoms with Crippen molar-refractivity contribution in [2.45, 2.75) is 13.3 Å². The van der Waals surface area contributed by atoms with Gasteiger partial charge in [0, 0.05) is 17.8 Å². The fraction of sp³-hybridized carbons (Fsp3) is 0.400. The minimum atomic E-state index is -0.346. The summed E-state index contributed by atoms with van der Waals surface area (Å²) in [5.74, 6) is -0.231. The highest BCUT2D eigenvalue weighted by atomic mass is 19.1. The van der Waals surface area contributed by atoms with Crippen LogP contribution in [0.1, 0.15) is 12.0 Å². The van der Waals surface area contributed by atoms with E-state index in [1.807, 2.05) is 0 Å². The van der Waals surface area contributed by atoms with Gasteiger partial charge in [-0.15, -0.1) is 0 Å². The van der Waals surface area contributed by atoms with E-state index in [4.69, 9.17) is 0 Å². The predicted octanol–water partition coefficient (Wildman–Crippen LogP) is 2.91. The second kappa shape index (κ2) is 4.80. The van der Waals surface area contributed by atoms with Gasteiger partial charge in [0.2, 0.25) is 0 Å². The molecule has 1 N–H and O–H groups in total. The first-order chi connectivity index (χ1) is 6.25. The van der Waals surface area contributed by atoms with Gasteiger partial charge in [-0.2, -0.15) is 0 Å². The Morgan fingerprint density at radius 2 is 2.15 bits per heavy atom. The van der Waals surface area contributed by atoms with Crippen molar-refractivity contribution in [3.63, 3.8) is 0 Å². The van der Waals surface area contributed by atoms with Gasteiger partial charge < -0.3 is 5.32 Å². The number of alkyl halides is 1. The Bertz CT molecular complexity index is 274. The molecule has 0 saturated heterocycles. The van der Waals surface area contributed by atoms with E-state index in [1.54, 1.807) is 19.1 Å². The van der Waals surface area contributed by atoms with Crippen LogP contribution in [0.5, 0.6) is 0 Å². The highest BCUT2D eigenvalue weighted by molar-refractivity contribution is 5.50. The van der Waals surface area contributed by atoms with Crippen LogP contribution in [0.4, 0.5) is 14.5 Å². The van der Waals surface area contributed by atoms with E-state index in [9.17, 15) is 8.78 Å². The first kappa shape index (κ1) is 9.96. The lowest BCUT2D eigenvalue weighted by atomic mass is 10.2. The molecule has 0 aliphatic rings. The number of anilines is 1. The molecule has 1 rings (SSSR count). The monoisotopic (exact) mass is 185 g/mol. The van der Waals surface area contributed by atoms with Crippen LogP contribution >= 0.6 is 0 Å². The molecule has 0 fully saturated rings. The van der Waals surface area contributed by atoms with E-state index in [1.165, 1.54) is 6.07 Å². The van der Waals surface area contributed by atoms with Crippen molar-refractivity contribution in [1.29, 1.82) is 0 Å². The molecular weight excluding hydrogens is 172 g/mol. The highest BCUT2D eigenvalue weighted by Gasteiger charge is 2.01. The lowest BCUT2D eigenvalue weighted by Crippen LogP contribution is -2.04. The largest absolute Gasteiger partial charge is 0.385 e. The van der Waals surface area contributed by atoms with Crippen LogP contribution in [0.3, 0.4) is 0 Å². The molecule has 0 unspecified atom stereocenters. The molecule has 13 heavy (non-hydrogen) atoms. The molecule has 0 aliphatic carbocycles. The minimum Gasteiger partial charge on any atom is -0.385 e. The number of nitrogens with one attached hydrogen (secondary N) is 1. The number of rotatable bonds is 4. The van der Waals surface area contributed by atoms with Crippen LogP contribution in [0, 0.1) is 12.7 Å². The van der Waals surface area contributed by atoms with Crippen LogP contribution in [0.25, 0.3) is 0 Å². The van der Waals surface area contributed by atoms with Crippen molar-refractivity contribution in [3.05, 3.63) is 29.6 Å². The molecule has 0 radical (unpaired) electrons. The first-order valence-corrected chi connectivity index (χ1v) is 4.30. The predicted molar refractivity (Wildman–Crippen MR) is 50.2 cm³/mol. The topological polar surface area (TPSA) is 12.0 Å². The molecule has 3 heteroatoms. The zero-order chi connectivity index (χ0) is 9.68. The van der Waals surface area contributed by atoms with Gasteiger partial charge in [-0.25, -0.2) is 4.39 Å². The SMILES string of the molecule is Cc1c(F)cccc1NCCCF. The molecule has 72 valence electrons. The Kier molecular flexibility index (Phi) is 3.68. The van der Waals surface area contributed by atoms with E-state index in [0.717, 1.165) is 5.69 Å². The van der Waals surface area contributed by atoms with Crippen molar-refractivity contribution in [3.8, 4) is 0 Å². The second-order valence-corrected chi connectivity index (χ2v) is 2.88. The smallest absolute Gasteiger partial charge is 0.128 e. The maximum Gasteiger partial charge on any atom is 0.128 e. The third-order valence-electron chi connectivity index (χ3n) is 1.89. The van der Waals surface area contributed by atoms with Crippen LogP contribution in [0.15, 0.2) is 18.2 Å². The molecule has 0 saturated carbocycles. The summed E-state index contributed by atoms with van der Waals surface area (Å²) in [6.45, 7) is 1.90. The fourth-order valence-corrected chi connectivity index (χ4v) is 1.09. The number of halogens is 2. The van der Waals surface area contributed by atoms with E-state index in [2.05, 4.69) is 5.32 Å². The van der Waals surface area contributed by atoms with Gasteiger partial charge in [0.05, 0.1) is 6.67 Å². The summed E-state index contributed by atoms with van der Waals surface area (Å²) in [4.78, 5) is 0. The van der Waals surface area contributed by atoms with E-state index >= 15 is 0 Å². The van der Waals surface area contributed by atoms with Gasteiger partial charge >= 0.3 is 0 Å². The Morgan fingerprint density at radius 3 is 2.85 bits per heavy atom. The van der Waals surface area contributed by atoms with E-state index < -0.39 is 0 Å². The Hall–Kier alpha value is -1.12. The van der Waals surface area contributed by atoms with Crippen molar-refractivity contribution in [2.24, 2.45) is 0 Å². The van der Waals surface area contributed by atoms with Gasteiger partial charge in [0.15, 0.2) is 0 Å². The molecule has 1 aromatic rings. The minimum absolute atomic E-state index is 0.231. The zero-order valence-corrected chi connectivity index (χ0v) is 7.61.